The van der Waals surface area contributed by atoms with Gasteiger partial charge in [-0.3, -0.25) is 0 Å². The SMILES string of the molecule is C=CCC[C@H]1CC[C@@H](O)O1. The Labute approximate surface area is 61.5 Å². The summed E-state index contributed by atoms with van der Waals surface area (Å²) in [5.74, 6) is 0. The van der Waals surface area contributed by atoms with Crippen molar-refractivity contribution in [1.29, 1.82) is 0 Å². The number of aliphatic hydroxyl groups is 1. The minimum Gasteiger partial charge on any atom is -0.368 e. The summed E-state index contributed by atoms with van der Waals surface area (Å²) in [6.07, 6.45) is 5.42. The number of hydrogen-bond acceptors (Lipinski definition) is 2. The number of aliphatic hydroxyl groups excluding tert-OH is 1. The van der Waals surface area contributed by atoms with Crippen LogP contribution in [0.1, 0.15) is 25.7 Å². The van der Waals surface area contributed by atoms with Gasteiger partial charge < -0.3 is 9.84 Å². The van der Waals surface area contributed by atoms with Gasteiger partial charge in [-0.25, -0.2) is 0 Å². The summed E-state index contributed by atoms with van der Waals surface area (Å²) in [5, 5.41) is 8.95. The van der Waals surface area contributed by atoms with Crippen molar-refractivity contribution in [3.05, 3.63) is 12.7 Å². The fourth-order valence-corrected chi connectivity index (χ4v) is 1.20. The molecule has 0 unspecified atom stereocenters. The first kappa shape index (κ1) is 7.76. The average molecular weight is 142 g/mol. The maximum atomic E-state index is 8.95. The Bertz CT molecular complexity index is 112. The molecule has 10 heavy (non-hydrogen) atoms. The molecule has 0 saturated carbocycles. The molecule has 1 heterocycles. The van der Waals surface area contributed by atoms with E-state index in [-0.39, 0.29) is 6.10 Å². The standard InChI is InChI=1S/C8H14O2/c1-2-3-4-7-5-6-8(9)10-7/h2,7-9H,1,3-6H2/t7-,8-/m0/s1. The molecule has 0 aromatic rings. The summed E-state index contributed by atoms with van der Waals surface area (Å²) in [7, 11) is 0. The van der Waals surface area contributed by atoms with Gasteiger partial charge in [0.15, 0.2) is 6.29 Å². The lowest BCUT2D eigenvalue weighted by Gasteiger charge is -2.07. The minimum absolute atomic E-state index is 0.271. The Kier molecular flexibility index (Phi) is 2.90. The van der Waals surface area contributed by atoms with Crippen LogP contribution in [0.4, 0.5) is 0 Å². The first-order chi connectivity index (χ1) is 4.83. The van der Waals surface area contributed by atoms with Crippen molar-refractivity contribution < 1.29 is 9.84 Å². The van der Waals surface area contributed by atoms with Gasteiger partial charge in [0.2, 0.25) is 0 Å². The maximum absolute atomic E-state index is 8.95. The Hall–Kier alpha value is -0.340. The van der Waals surface area contributed by atoms with E-state index in [1.165, 1.54) is 0 Å². The van der Waals surface area contributed by atoms with Crippen LogP contribution in [0.15, 0.2) is 12.7 Å². The van der Waals surface area contributed by atoms with E-state index >= 15 is 0 Å². The highest BCUT2D eigenvalue weighted by molar-refractivity contribution is 4.73. The van der Waals surface area contributed by atoms with E-state index in [1.807, 2.05) is 6.08 Å². The van der Waals surface area contributed by atoms with Crippen LogP contribution in [0.5, 0.6) is 0 Å². The molecule has 2 nitrogen and oxygen atoms in total. The Morgan fingerprint density at radius 1 is 1.60 bits per heavy atom. The fourth-order valence-electron chi connectivity index (χ4n) is 1.20. The average Bonchev–Trinajstić information content (AvgIpc) is 2.31. The second-order valence-corrected chi connectivity index (χ2v) is 2.66. The van der Waals surface area contributed by atoms with Gasteiger partial charge >= 0.3 is 0 Å². The molecule has 1 aliphatic rings. The highest BCUT2D eigenvalue weighted by Crippen LogP contribution is 2.21. The third kappa shape index (κ3) is 2.12. The summed E-state index contributed by atoms with van der Waals surface area (Å²) in [6, 6.07) is 0. The van der Waals surface area contributed by atoms with Crippen LogP contribution in [-0.4, -0.2) is 17.5 Å². The van der Waals surface area contributed by atoms with Crippen LogP contribution in [0.3, 0.4) is 0 Å². The summed E-state index contributed by atoms with van der Waals surface area (Å²) in [6.45, 7) is 3.62. The van der Waals surface area contributed by atoms with E-state index in [0.717, 1.165) is 25.7 Å². The molecule has 2 atom stereocenters. The Balaban J connectivity index is 2.12. The topological polar surface area (TPSA) is 29.5 Å². The first-order valence-corrected chi connectivity index (χ1v) is 3.77. The molecule has 0 radical (unpaired) electrons. The monoisotopic (exact) mass is 142 g/mol. The van der Waals surface area contributed by atoms with Crippen molar-refractivity contribution in [2.75, 3.05) is 0 Å². The lowest BCUT2D eigenvalue weighted by atomic mass is 10.1. The van der Waals surface area contributed by atoms with Crippen LogP contribution >= 0.6 is 0 Å². The van der Waals surface area contributed by atoms with Crippen molar-refractivity contribution in [3.8, 4) is 0 Å². The quantitative estimate of drug-likeness (QED) is 0.604. The molecular formula is C8H14O2. The molecule has 0 bridgehead atoms. The van der Waals surface area contributed by atoms with Crippen molar-refractivity contribution in [2.24, 2.45) is 0 Å². The lowest BCUT2D eigenvalue weighted by Crippen LogP contribution is -2.09. The second-order valence-electron chi connectivity index (χ2n) is 2.66. The second kappa shape index (κ2) is 3.74. The van der Waals surface area contributed by atoms with E-state index in [2.05, 4.69) is 6.58 Å². The zero-order chi connectivity index (χ0) is 7.40. The van der Waals surface area contributed by atoms with Crippen LogP contribution in [0, 0.1) is 0 Å². The van der Waals surface area contributed by atoms with Gasteiger partial charge in [-0.2, -0.15) is 0 Å². The van der Waals surface area contributed by atoms with E-state index < -0.39 is 6.29 Å². The summed E-state index contributed by atoms with van der Waals surface area (Å²) in [5.41, 5.74) is 0. The van der Waals surface area contributed by atoms with Gasteiger partial charge in [-0.1, -0.05) is 6.08 Å². The normalized spacial score (nSPS) is 32.5. The zero-order valence-electron chi connectivity index (χ0n) is 6.12. The smallest absolute Gasteiger partial charge is 0.154 e. The first-order valence-electron chi connectivity index (χ1n) is 3.77. The molecule has 0 aromatic heterocycles. The number of ether oxygens (including phenoxy) is 1. The zero-order valence-corrected chi connectivity index (χ0v) is 6.12. The molecular weight excluding hydrogens is 128 g/mol. The number of allylic oxidation sites excluding steroid dienone is 1. The molecule has 58 valence electrons. The lowest BCUT2D eigenvalue weighted by molar-refractivity contribution is -0.0913. The van der Waals surface area contributed by atoms with Crippen LogP contribution in [0.2, 0.25) is 0 Å². The van der Waals surface area contributed by atoms with Crippen LogP contribution in [-0.2, 0) is 4.74 Å². The highest BCUT2D eigenvalue weighted by Gasteiger charge is 2.21. The Morgan fingerprint density at radius 2 is 2.40 bits per heavy atom. The van der Waals surface area contributed by atoms with E-state index in [1.54, 1.807) is 0 Å². The molecule has 1 rings (SSSR count). The summed E-state index contributed by atoms with van der Waals surface area (Å²) < 4.78 is 5.17. The summed E-state index contributed by atoms with van der Waals surface area (Å²) >= 11 is 0. The third-order valence-corrected chi connectivity index (χ3v) is 1.78. The molecule has 0 aromatic carbocycles. The molecule has 1 saturated heterocycles. The highest BCUT2D eigenvalue weighted by atomic mass is 16.6. The molecule has 0 aliphatic carbocycles. The predicted octanol–water partition coefficient (Wildman–Crippen LogP) is 1.45. The largest absolute Gasteiger partial charge is 0.368 e. The Morgan fingerprint density at radius 3 is 2.90 bits per heavy atom. The minimum atomic E-state index is -0.505. The van der Waals surface area contributed by atoms with Gasteiger partial charge in [0.25, 0.3) is 0 Å². The van der Waals surface area contributed by atoms with Crippen LogP contribution < -0.4 is 0 Å². The van der Waals surface area contributed by atoms with Crippen molar-refractivity contribution in [2.45, 2.75) is 38.1 Å². The van der Waals surface area contributed by atoms with Gasteiger partial charge in [-0.05, 0) is 19.3 Å². The summed E-state index contributed by atoms with van der Waals surface area (Å²) in [4.78, 5) is 0. The molecule has 1 aliphatic heterocycles. The molecule has 0 spiro atoms. The van der Waals surface area contributed by atoms with Gasteiger partial charge in [0, 0.05) is 6.42 Å². The molecule has 0 amide bonds. The number of rotatable bonds is 3. The van der Waals surface area contributed by atoms with E-state index in [9.17, 15) is 0 Å². The molecule has 2 heteroatoms. The third-order valence-electron chi connectivity index (χ3n) is 1.78. The van der Waals surface area contributed by atoms with Gasteiger partial charge in [-0.15, -0.1) is 6.58 Å². The number of hydrogen-bond donors (Lipinski definition) is 1. The van der Waals surface area contributed by atoms with Crippen molar-refractivity contribution in [1.82, 2.24) is 0 Å². The maximum Gasteiger partial charge on any atom is 0.154 e. The van der Waals surface area contributed by atoms with Gasteiger partial charge in [0.05, 0.1) is 6.10 Å². The van der Waals surface area contributed by atoms with E-state index in [0.29, 0.717) is 0 Å². The molecule has 1 fully saturated rings. The molecule has 1 N–H and O–H groups in total. The van der Waals surface area contributed by atoms with Crippen molar-refractivity contribution >= 4 is 0 Å². The van der Waals surface area contributed by atoms with Gasteiger partial charge in [0.1, 0.15) is 0 Å². The van der Waals surface area contributed by atoms with E-state index in [4.69, 9.17) is 9.84 Å². The fraction of sp³-hybridized carbons (Fsp3) is 0.750. The predicted molar refractivity (Wildman–Crippen MR) is 39.5 cm³/mol. The van der Waals surface area contributed by atoms with Crippen molar-refractivity contribution in [3.63, 3.8) is 0 Å². The van der Waals surface area contributed by atoms with Crippen LogP contribution in [0.25, 0.3) is 0 Å².